The van der Waals surface area contributed by atoms with E-state index in [1.807, 2.05) is 24.3 Å². The van der Waals surface area contributed by atoms with E-state index < -0.39 is 11.8 Å². The Labute approximate surface area is 222 Å². The van der Waals surface area contributed by atoms with Gasteiger partial charge in [0.15, 0.2) is 0 Å². The van der Waals surface area contributed by atoms with Gasteiger partial charge in [-0.25, -0.2) is 9.37 Å². The van der Waals surface area contributed by atoms with Crippen LogP contribution in [0, 0.1) is 5.82 Å². The molecule has 0 atom stereocenters. The molecular weight excluding hydrogens is 475 g/mol. The third-order valence-corrected chi connectivity index (χ3v) is 5.26. The fourth-order valence-corrected chi connectivity index (χ4v) is 3.60. The standard InChI is InChI=1S/C25H16Cl2FNO3.Na/c26-16-10-11-24(32-14-15-8-9-17(27)13-21(15)28)20(12-16)18-4-1-2-5-19(18)22-6-3-7-23(29-22)25(30)31;/h1-13H,14H2,(H,30,31);/q;+1/p-1. The first kappa shape index (κ1) is 25.2. The van der Waals surface area contributed by atoms with Crippen molar-refractivity contribution in [3.05, 3.63) is 106 Å². The second-order valence-electron chi connectivity index (χ2n) is 6.91. The van der Waals surface area contributed by atoms with Crippen LogP contribution in [0.1, 0.15) is 16.1 Å². The van der Waals surface area contributed by atoms with Crippen molar-refractivity contribution in [2.45, 2.75) is 6.61 Å². The summed E-state index contributed by atoms with van der Waals surface area (Å²) in [6, 6.07) is 21.5. The van der Waals surface area contributed by atoms with Gasteiger partial charge in [0.2, 0.25) is 0 Å². The zero-order valence-corrected chi connectivity index (χ0v) is 21.0. The second-order valence-corrected chi connectivity index (χ2v) is 7.78. The molecule has 0 N–H and O–H groups in total. The number of aromatic nitrogens is 1. The van der Waals surface area contributed by atoms with E-state index in [-0.39, 0.29) is 41.9 Å². The van der Waals surface area contributed by atoms with Gasteiger partial charge in [-0.2, -0.15) is 0 Å². The first-order valence-corrected chi connectivity index (χ1v) is 10.3. The van der Waals surface area contributed by atoms with Gasteiger partial charge in [0.05, 0.1) is 17.4 Å². The Morgan fingerprint density at radius 3 is 2.30 bits per heavy atom. The number of benzene rings is 3. The summed E-state index contributed by atoms with van der Waals surface area (Å²) >= 11 is 12.1. The molecule has 0 radical (unpaired) electrons. The van der Waals surface area contributed by atoms with Gasteiger partial charge in [0.25, 0.3) is 0 Å². The van der Waals surface area contributed by atoms with E-state index in [1.165, 1.54) is 12.1 Å². The average Bonchev–Trinajstić information content (AvgIpc) is 2.79. The molecule has 4 nitrogen and oxygen atoms in total. The molecule has 0 unspecified atom stereocenters. The number of carboxylic acids is 1. The molecule has 0 bridgehead atoms. The quantitative estimate of drug-likeness (QED) is 0.390. The van der Waals surface area contributed by atoms with E-state index in [0.717, 1.165) is 5.56 Å². The van der Waals surface area contributed by atoms with Crippen molar-refractivity contribution in [1.82, 2.24) is 4.98 Å². The molecule has 0 saturated carbocycles. The minimum Gasteiger partial charge on any atom is -0.543 e. The zero-order valence-electron chi connectivity index (χ0n) is 17.5. The molecule has 0 aliphatic carbocycles. The Balaban J connectivity index is 0.00000306. The van der Waals surface area contributed by atoms with Crippen LogP contribution in [0.5, 0.6) is 5.75 Å². The molecule has 4 aromatic rings. The van der Waals surface area contributed by atoms with Crippen LogP contribution in [-0.2, 0) is 6.61 Å². The van der Waals surface area contributed by atoms with Gasteiger partial charge >= 0.3 is 29.6 Å². The van der Waals surface area contributed by atoms with Crippen LogP contribution in [0.3, 0.4) is 0 Å². The topological polar surface area (TPSA) is 62.2 Å². The van der Waals surface area contributed by atoms with E-state index in [9.17, 15) is 14.3 Å². The molecule has 1 aromatic heterocycles. The molecule has 0 aliphatic rings. The molecule has 3 aromatic carbocycles. The number of carbonyl (C=O) groups excluding carboxylic acids is 1. The molecule has 0 fully saturated rings. The van der Waals surface area contributed by atoms with Gasteiger partial charge in [-0.3, -0.25) is 0 Å². The second kappa shape index (κ2) is 11.1. The SMILES string of the molecule is O=C([O-])c1cccc(-c2ccccc2-c2cc(Cl)ccc2OCc2ccc(Cl)cc2F)n1.[Na+]. The van der Waals surface area contributed by atoms with Gasteiger partial charge in [0.1, 0.15) is 18.2 Å². The third kappa shape index (κ3) is 5.94. The van der Waals surface area contributed by atoms with Crippen molar-refractivity contribution < 1.29 is 48.6 Å². The number of carboxylic acid groups (broad SMARTS) is 1. The van der Waals surface area contributed by atoms with Gasteiger partial charge in [-0.1, -0.05) is 59.6 Å². The molecule has 160 valence electrons. The van der Waals surface area contributed by atoms with Crippen LogP contribution in [0.25, 0.3) is 22.4 Å². The van der Waals surface area contributed by atoms with E-state index in [2.05, 4.69) is 4.98 Å². The van der Waals surface area contributed by atoms with Crippen LogP contribution in [0.15, 0.2) is 78.9 Å². The number of halogens is 3. The maximum atomic E-state index is 14.2. The zero-order chi connectivity index (χ0) is 22.7. The first-order chi connectivity index (χ1) is 15.4. The fourth-order valence-electron chi connectivity index (χ4n) is 3.27. The number of aromatic carboxylic acids is 1. The van der Waals surface area contributed by atoms with Gasteiger partial charge < -0.3 is 14.6 Å². The number of rotatable bonds is 6. The van der Waals surface area contributed by atoms with E-state index in [4.69, 9.17) is 27.9 Å². The summed E-state index contributed by atoms with van der Waals surface area (Å²) in [5.74, 6) is -1.34. The maximum absolute atomic E-state index is 14.2. The summed E-state index contributed by atoms with van der Waals surface area (Å²) < 4.78 is 20.1. The number of hydrogen-bond donors (Lipinski definition) is 0. The number of pyridine rings is 1. The summed E-state index contributed by atoms with van der Waals surface area (Å²) in [5.41, 5.74) is 2.70. The van der Waals surface area contributed by atoms with Crippen molar-refractivity contribution >= 4 is 29.2 Å². The van der Waals surface area contributed by atoms with Crippen LogP contribution >= 0.6 is 23.2 Å². The molecule has 33 heavy (non-hydrogen) atoms. The largest absolute Gasteiger partial charge is 1.00 e. The molecule has 0 spiro atoms. The molecule has 1 heterocycles. The molecule has 0 amide bonds. The van der Waals surface area contributed by atoms with E-state index in [1.54, 1.807) is 42.5 Å². The third-order valence-electron chi connectivity index (χ3n) is 4.79. The average molecular weight is 490 g/mol. The minimum absolute atomic E-state index is 0. The van der Waals surface area contributed by atoms with Crippen LogP contribution in [-0.4, -0.2) is 11.0 Å². The van der Waals surface area contributed by atoms with Gasteiger partial charge in [-0.15, -0.1) is 0 Å². The van der Waals surface area contributed by atoms with Crippen LogP contribution in [0.2, 0.25) is 10.0 Å². The summed E-state index contributed by atoms with van der Waals surface area (Å²) in [5, 5.41) is 12.0. The summed E-state index contributed by atoms with van der Waals surface area (Å²) in [6.07, 6.45) is 0. The van der Waals surface area contributed by atoms with E-state index >= 15 is 0 Å². The summed E-state index contributed by atoms with van der Waals surface area (Å²) in [7, 11) is 0. The van der Waals surface area contributed by atoms with Crippen molar-refractivity contribution in [3.63, 3.8) is 0 Å². The van der Waals surface area contributed by atoms with Crippen LogP contribution < -0.4 is 39.4 Å². The Kier molecular flexibility index (Phi) is 8.51. The fraction of sp³-hybridized carbons (Fsp3) is 0.0400. The van der Waals surface area contributed by atoms with E-state index in [0.29, 0.717) is 38.2 Å². The maximum Gasteiger partial charge on any atom is 1.00 e. The van der Waals surface area contributed by atoms with Gasteiger partial charge in [0, 0.05) is 26.7 Å². The van der Waals surface area contributed by atoms with Crippen LogP contribution in [0.4, 0.5) is 4.39 Å². The minimum atomic E-state index is -1.36. The monoisotopic (exact) mass is 489 g/mol. The Hall–Kier alpha value is -2.41. The summed E-state index contributed by atoms with van der Waals surface area (Å²) in [4.78, 5) is 15.5. The molecule has 0 aliphatic heterocycles. The van der Waals surface area contributed by atoms with Gasteiger partial charge in [-0.05, 0) is 48.0 Å². The predicted molar refractivity (Wildman–Crippen MR) is 120 cm³/mol. The molecular formula is C25H15Cl2FNNaO3. The summed E-state index contributed by atoms with van der Waals surface area (Å²) in [6.45, 7) is -0.0157. The smallest absolute Gasteiger partial charge is 0.543 e. The van der Waals surface area contributed by atoms with Crippen molar-refractivity contribution in [1.29, 1.82) is 0 Å². The Morgan fingerprint density at radius 2 is 1.58 bits per heavy atom. The van der Waals surface area contributed by atoms with Crippen molar-refractivity contribution in [2.75, 3.05) is 0 Å². The van der Waals surface area contributed by atoms with Crippen molar-refractivity contribution in [3.8, 4) is 28.1 Å². The Bertz CT molecular complexity index is 1320. The normalized spacial score (nSPS) is 10.4. The molecule has 0 saturated heterocycles. The number of hydrogen-bond acceptors (Lipinski definition) is 4. The first-order valence-electron chi connectivity index (χ1n) is 9.57. The number of ether oxygens (including phenoxy) is 1. The predicted octanol–water partition coefficient (Wildman–Crippen LogP) is 2.81. The molecule has 4 rings (SSSR count). The number of carbonyl (C=O) groups is 1. The molecule has 8 heteroatoms. The number of nitrogens with zero attached hydrogens (tertiary/aromatic N) is 1. The van der Waals surface area contributed by atoms with Crippen molar-refractivity contribution in [2.24, 2.45) is 0 Å². The Morgan fingerprint density at radius 1 is 0.879 bits per heavy atom.